The van der Waals surface area contributed by atoms with Crippen molar-refractivity contribution in [3.8, 4) is 11.5 Å². The summed E-state index contributed by atoms with van der Waals surface area (Å²) in [5.74, 6) is -0.398. The maximum absolute atomic E-state index is 14.5. The Morgan fingerprint density at radius 3 is 2.56 bits per heavy atom. The monoisotopic (exact) mass is 482 g/mol. The summed E-state index contributed by atoms with van der Waals surface area (Å²) < 4.78 is 39.2. The molecule has 4 rings (SSSR count). The normalized spacial score (nSPS) is 11.9. The van der Waals surface area contributed by atoms with E-state index in [-0.39, 0.29) is 17.0 Å². The van der Waals surface area contributed by atoms with Gasteiger partial charge in [0.15, 0.2) is 5.78 Å². The third-order valence-corrected chi connectivity index (χ3v) is 6.29. The highest BCUT2D eigenvalue weighted by molar-refractivity contribution is 7.98. The lowest BCUT2D eigenvalue weighted by Gasteiger charge is -2.22. The molecule has 4 aromatic rings. The predicted octanol–water partition coefficient (Wildman–Crippen LogP) is 6.53. The highest BCUT2D eigenvalue weighted by Gasteiger charge is 2.28. The van der Waals surface area contributed by atoms with Crippen LogP contribution in [0.1, 0.15) is 27.5 Å². The first-order valence-electron chi connectivity index (χ1n) is 10.5. The molecule has 0 spiro atoms. The Labute approximate surface area is 200 Å². The number of thioether (sulfide) groups is 1. The van der Waals surface area contributed by atoms with Crippen molar-refractivity contribution in [1.82, 2.24) is 4.98 Å². The minimum absolute atomic E-state index is 0.223. The first-order valence-corrected chi connectivity index (χ1v) is 11.7. The number of halogens is 2. The second-order valence-corrected chi connectivity index (χ2v) is 8.68. The molecule has 5 nitrogen and oxygen atoms in total. The lowest BCUT2D eigenvalue weighted by molar-refractivity contribution is 0.0970. The van der Waals surface area contributed by atoms with E-state index >= 15 is 0 Å². The molecule has 0 radical (unpaired) electrons. The van der Waals surface area contributed by atoms with Gasteiger partial charge in [-0.25, -0.2) is 8.78 Å². The highest BCUT2D eigenvalue weighted by atomic mass is 32.2. The van der Waals surface area contributed by atoms with Crippen LogP contribution in [0.5, 0.6) is 11.5 Å². The van der Waals surface area contributed by atoms with Gasteiger partial charge in [0.05, 0.1) is 19.7 Å². The first kappa shape index (κ1) is 23.6. The molecule has 34 heavy (non-hydrogen) atoms. The number of aryl methyl sites for hydroxylation is 1. The molecule has 8 heteroatoms. The third kappa shape index (κ3) is 4.59. The molecule has 0 aliphatic rings. The fourth-order valence-corrected chi connectivity index (χ4v) is 4.43. The number of methoxy groups -OCH3 is 2. The maximum atomic E-state index is 14.5. The van der Waals surface area contributed by atoms with Crippen LogP contribution in [-0.2, 0) is 0 Å². The van der Waals surface area contributed by atoms with Gasteiger partial charge in [-0.05, 0) is 55.1 Å². The molecule has 1 atom stereocenters. The van der Waals surface area contributed by atoms with Crippen LogP contribution in [0.25, 0.3) is 10.9 Å². The van der Waals surface area contributed by atoms with Crippen molar-refractivity contribution in [1.29, 1.82) is 0 Å². The summed E-state index contributed by atoms with van der Waals surface area (Å²) in [6.07, 6.45) is 3.44. The number of rotatable bonds is 8. The number of anilines is 1. The zero-order valence-corrected chi connectivity index (χ0v) is 20.0. The molecular weight excluding hydrogens is 458 g/mol. The number of hydrogen-bond acceptors (Lipinski definition) is 5. The molecule has 0 aliphatic heterocycles. The number of Topliss-reactive ketones (excluding diaryl/α,β-unsaturated/α-hetero) is 1. The second kappa shape index (κ2) is 9.77. The van der Waals surface area contributed by atoms with Crippen molar-refractivity contribution in [3.05, 3.63) is 83.1 Å². The number of benzene rings is 3. The van der Waals surface area contributed by atoms with Crippen LogP contribution >= 0.6 is 11.8 Å². The largest absolute Gasteiger partial charge is 0.497 e. The van der Waals surface area contributed by atoms with Crippen molar-refractivity contribution in [2.75, 3.05) is 25.8 Å². The molecule has 0 aliphatic carbocycles. The number of fused-ring (bicyclic) bond motifs is 1. The van der Waals surface area contributed by atoms with E-state index in [1.165, 1.54) is 49.3 Å². The van der Waals surface area contributed by atoms with Gasteiger partial charge in [-0.15, -0.1) is 11.8 Å². The second-order valence-electron chi connectivity index (χ2n) is 7.80. The number of ketones is 1. The topological polar surface area (TPSA) is 63.3 Å². The molecule has 3 aromatic carbocycles. The molecule has 1 aromatic heterocycles. The molecule has 0 fully saturated rings. The number of aromatic nitrogens is 1. The molecular formula is C26H24F2N2O3S. The Hall–Kier alpha value is -3.52. The average Bonchev–Trinajstić information content (AvgIpc) is 3.26. The van der Waals surface area contributed by atoms with Crippen LogP contribution in [0.4, 0.5) is 14.5 Å². The average molecular weight is 483 g/mol. The van der Waals surface area contributed by atoms with Gasteiger partial charge in [-0.3, -0.25) is 4.79 Å². The van der Waals surface area contributed by atoms with E-state index in [9.17, 15) is 13.6 Å². The van der Waals surface area contributed by atoms with Crippen LogP contribution in [0.15, 0.2) is 59.6 Å². The summed E-state index contributed by atoms with van der Waals surface area (Å²) in [5, 5.41) is 3.75. The molecule has 1 heterocycles. The Morgan fingerprint density at radius 2 is 1.85 bits per heavy atom. The summed E-state index contributed by atoms with van der Waals surface area (Å²) in [6, 6.07) is 11.8. The molecule has 2 N–H and O–H groups in total. The van der Waals surface area contributed by atoms with E-state index in [2.05, 4.69) is 10.3 Å². The minimum atomic E-state index is -0.945. The van der Waals surface area contributed by atoms with Gasteiger partial charge in [0.1, 0.15) is 29.2 Å². The Bertz CT molecular complexity index is 1350. The number of ether oxygens (including phenoxy) is 2. The van der Waals surface area contributed by atoms with E-state index in [0.717, 1.165) is 4.90 Å². The van der Waals surface area contributed by atoms with Gasteiger partial charge in [0.25, 0.3) is 0 Å². The van der Waals surface area contributed by atoms with Crippen LogP contribution in [-0.4, -0.2) is 31.2 Å². The van der Waals surface area contributed by atoms with Crippen LogP contribution in [0, 0.1) is 18.6 Å². The van der Waals surface area contributed by atoms with Gasteiger partial charge >= 0.3 is 0 Å². The minimum Gasteiger partial charge on any atom is -0.497 e. The summed E-state index contributed by atoms with van der Waals surface area (Å²) in [5.41, 5.74) is 2.35. The zero-order valence-electron chi connectivity index (χ0n) is 19.2. The lowest BCUT2D eigenvalue weighted by atomic mass is 9.95. The van der Waals surface area contributed by atoms with E-state index in [4.69, 9.17) is 9.47 Å². The van der Waals surface area contributed by atoms with Crippen LogP contribution in [0.2, 0.25) is 0 Å². The number of carbonyl (C=O) groups is 1. The van der Waals surface area contributed by atoms with Crippen molar-refractivity contribution in [3.63, 3.8) is 0 Å². The number of aromatic amines is 1. The predicted molar refractivity (Wildman–Crippen MR) is 131 cm³/mol. The first-order chi connectivity index (χ1) is 16.3. The van der Waals surface area contributed by atoms with Gasteiger partial charge in [0, 0.05) is 45.4 Å². The van der Waals surface area contributed by atoms with Crippen molar-refractivity contribution in [2.45, 2.75) is 17.9 Å². The SMILES string of the molecule is COc1cc(NC(C(=O)c2c[nH]c3c(F)cc(C)cc23)c2ccc(F)cc2OC)cc(SC)c1. The van der Waals surface area contributed by atoms with Gasteiger partial charge < -0.3 is 19.8 Å². The number of nitrogens with one attached hydrogen (secondary N) is 2. The van der Waals surface area contributed by atoms with Crippen molar-refractivity contribution < 1.29 is 23.0 Å². The molecule has 0 saturated carbocycles. The summed E-state index contributed by atoms with van der Waals surface area (Å²) in [4.78, 5) is 17.7. The van der Waals surface area contributed by atoms with Crippen LogP contribution < -0.4 is 14.8 Å². The molecule has 176 valence electrons. The standard InChI is InChI=1S/C26H24F2N2O3S/c1-14-7-20-21(13-29-24(20)22(28)8-14)26(31)25(19-6-5-15(27)9-23(19)33-3)30-16-10-17(32-2)12-18(11-16)34-4/h5-13,25,29-30H,1-4H3. The Morgan fingerprint density at radius 1 is 1.06 bits per heavy atom. The molecule has 0 saturated heterocycles. The van der Waals surface area contributed by atoms with Crippen molar-refractivity contribution >= 4 is 34.1 Å². The smallest absolute Gasteiger partial charge is 0.191 e. The fourth-order valence-electron chi connectivity index (χ4n) is 3.95. The van der Waals surface area contributed by atoms with Gasteiger partial charge in [-0.2, -0.15) is 0 Å². The van der Waals surface area contributed by atoms with E-state index < -0.39 is 17.7 Å². The summed E-state index contributed by atoms with van der Waals surface area (Å²) in [7, 11) is 2.99. The molecule has 0 amide bonds. The molecule has 1 unspecified atom stereocenters. The fraction of sp³-hybridized carbons (Fsp3) is 0.192. The lowest BCUT2D eigenvalue weighted by Crippen LogP contribution is -2.22. The zero-order chi connectivity index (χ0) is 24.4. The number of hydrogen-bond donors (Lipinski definition) is 2. The third-order valence-electron chi connectivity index (χ3n) is 5.58. The van der Waals surface area contributed by atoms with Gasteiger partial charge in [0.2, 0.25) is 0 Å². The van der Waals surface area contributed by atoms with Gasteiger partial charge in [-0.1, -0.05) is 0 Å². The quantitative estimate of drug-likeness (QED) is 0.221. The summed E-state index contributed by atoms with van der Waals surface area (Å²) in [6.45, 7) is 1.77. The van der Waals surface area contributed by atoms with E-state index in [0.29, 0.717) is 33.5 Å². The maximum Gasteiger partial charge on any atom is 0.191 e. The summed E-state index contributed by atoms with van der Waals surface area (Å²) >= 11 is 1.53. The number of H-pyrrole nitrogens is 1. The van der Waals surface area contributed by atoms with Crippen molar-refractivity contribution in [2.24, 2.45) is 0 Å². The van der Waals surface area contributed by atoms with E-state index in [1.807, 2.05) is 18.4 Å². The van der Waals surface area contributed by atoms with Crippen LogP contribution in [0.3, 0.4) is 0 Å². The Kier molecular flexibility index (Phi) is 6.79. The number of carbonyl (C=O) groups excluding carboxylic acids is 1. The molecule has 0 bridgehead atoms. The Balaban J connectivity index is 1.86. The van der Waals surface area contributed by atoms with E-state index in [1.54, 1.807) is 26.2 Å². The highest BCUT2D eigenvalue weighted by Crippen LogP contribution is 2.35.